The molecule has 3 aromatic heterocycles. The van der Waals surface area contributed by atoms with Crippen LogP contribution in [-0.2, 0) is 6.54 Å². The Kier molecular flexibility index (Phi) is 5.40. The van der Waals surface area contributed by atoms with E-state index in [-0.39, 0.29) is 12.1 Å². The van der Waals surface area contributed by atoms with E-state index >= 15 is 0 Å². The number of nitrogens with zero attached hydrogens (tertiary/aromatic N) is 6. The van der Waals surface area contributed by atoms with Crippen molar-refractivity contribution in [3.8, 4) is 6.07 Å². The van der Waals surface area contributed by atoms with Crippen LogP contribution in [0.25, 0.3) is 11.0 Å². The van der Waals surface area contributed by atoms with Gasteiger partial charge in [0.1, 0.15) is 11.7 Å². The molecule has 32 heavy (non-hydrogen) atoms. The van der Waals surface area contributed by atoms with Gasteiger partial charge in [-0.2, -0.15) is 9.64 Å². The molecule has 3 atom stereocenters. The number of H-pyrrole nitrogens is 1. The van der Waals surface area contributed by atoms with Crippen LogP contribution < -0.4 is 10.6 Å². The van der Waals surface area contributed by atoms with E-state index in [1.807, 2.05) is 36.2 Å². The van der Waals surface area contributed by atoms with Crippen LogP contribution in [0.5, 0.6) is 0 Å². The Morgan fingerprint density at radius 1 is 1.38 bits per heavy atom. The first kappa shape index (κ1) is 20.7. The van der Waals surface area contributed by atoms with Crippen molar-refractivity contribution in [1.29, 1.82) is 5.26 Å². The average Bonchev–Trinajstić information content (AvgIpc) is 3.51. The third-order valence-electron chi connectivity index (χ3n) is 6.23. The van der Waals surface area contributed by atoms with Crippen molar-refractivity contribution in [1.82, 2.24) is 29.1 Å². The summed E-state index contributed by atoms with van der Waals surface area (Å²) in [6, 6.07) is 4.37. The molecule has 1 aliphatic heterocycles. The van der Waals surface area contributed by atoms with Crippen LogP contribution in [0, 0.1) is 23.2 Å². The van der Waals surface area contributed by atoms with E-state index < -0.39 is 0 Å². The molecule has 166 valence electrons. The van der Waals surface area contributed by atoms with Gasteiger partial charge in [-0.25, -0.2) is 14.8 Å². The zero-order valence-corrected chi connectivity index (χ0v) is 18.8. The summed E-state index contributed by atoms with van der Waals surface area (Å²) in [5.41, 5.74) is 2.18. The fraction of sp³-hybridized carbons (Fsp3) is 0.476. The van der Waals surface area contributed by atoms with Gasteiger partial charge in [-0.05, 0) is 44.8 Å². The Hall–Kier alpha value is -3.23. The molecule has 1 aliphatic carbocycles. The number of aromatic nitrogens is 4. The normalized spacial score (nSPS) is 22.3. The van der Waals surface area contributed by atoms with Gasteiger partial charge in [-0.1, -0.05) is 0 Å². The maximum absolute atomic E-state index is 12.7. The summed E-state index contributed by atoms with van der Waals surface area (Å²) < 4.78 is 4.29. The molecule has 10 nitrogen and oxygen atoms in total. The number of anilines is 2. The number of nitrogens with one attached hydrogen (secondary N) is 3. The van der Waals surface area contributed by atoms with Gasteiger partial charge in [0.25, 0.3) is 0 Å². The van der Waals surface area contributed by atoms with Crippen molar-refractivity contribution >= 4 is 39.4 Å². The third kappa shape index (κ3) is 3.99. The quantitative estimate of drug-likeness (QED) is 0.544. The maximum atomic E-state index is 12.7. The van der Waals surface area contributed by atoms with Crippen molar-refractivity contribution in [2.75, 3.05) is 37.8 Å². The minimum absolute atomic E-state index is 0.105. The molecule has 4 heterocycles. The number of hydrogen-bond donors (Lipinski definition) is 3. The summed E-state index contributed by atoms with van der Waals surface area (Å²) in [6.45, 7) is 2.12. The topological polar surface area (TPSA) is 126 Å². The number of rotatable bonds is 5. The lowest BCUT2D eigenvalue weighted by molar-refractivity contribution is 0.218. The van der Waals surface area contributed by atoms with Gasteiger partial charge in [0, 0.05) is 48.4 Å². The van der Waals surface area contributed by atoms with Gasteiger partial charge in [0.15, 0.2) is 5.82 Å². The van der Waals surface area contributed by atoms with Crippen LogP contribution in [-0.4, -0.2) is 68.4 Å². The predicted octanol–water partition coefficient (Wildman–Crippen LogP) is 2.70. The fourth-order valence-electron chi connectivity index (χ4n) is 4.86. The number of nitriles is 1. The van der Waals surface area contributed by atoms with Gasteiger partial charge >= 0.3 is 6.03 Å². The molecule has 0 bridgehead atoms. The molecule has 3 aromatic rings. The largest absolute Gasteiger partial charge is 0.381 e. The minimum atomic E-state index is -0.105. The second kappa shape index (κ2) is 8.37. The van der Waals surface area contributed by atoms with Crippen molar-refractivity contribution < 1.29 is 4.79 Å². The molecule has 5 rings (SSSR count). The number of carbonyl (C=O) groups is 1. The lowest BCUT2D eigenvalue weighted by Crippen LogP contribution is -2.34. The smallest absolute Gasteiger partial charge is 0.323 e. The molecule has 0 aromatic carbocycles. The lowest BCUT2D eigenvalue weighted by atomic mass is 10.0. The number of carbonyl (C=O) groups excluding carboxylic acids is 1. The molecule has 1 saturated heterocycles. The standard InChI is InChI=1S/C21H25N9OS/c1-29(2)11-17-26-20(32-28-17)27-21(31)30-9-12-5-15(6-13(12)10-30)25-18-14(7-22)8-24-19-16(18)3-4-23-19/h3-4,8,12-13,15H,5-6,9-11H2,1-2H3,(H2,23,24,25)(H,26,27,28,31)/t12-,13+,15+. The molecule has 2 amide bonds. The third-order valence-corrected chi connectivity index (χ3v) is 6.90. The monoisotopic (exact) mass is 451 g/mol. The Labute approximate surface area is 189 Å². The number of likely N-dealkylation sites (tertiary alicyclic amines) is 1. The van der Waals surface area contributed by atoms with E-state index in [9.17, 15) is 10.1 Å². The molecule has 11 heteroatoms. The lowest BCUT2D eigenvalue weighted by Gasteiger charge is -2.21. The van der Waals surface area contributed by atoms with Gasteiger partial charge in [0.2, 0.25) is 5.13 Å². The number of amides is 2. The zero-order valence-electron chi connectivity index (χ0n) is 18.0. The van der Waals surface area contributed by atoms with Crippen molar-refractivity contribution in [3.63, 3.8) is 0 Å². The molecule has 0 radical (unpaired) electrons. The molecule has 2 aliphatic rings. The molecular weight excluding hydrogens is 426 g/mol. The van der Waals surface area contributed by atoms with Crippen LogP contribution >= 0.6 is 11.5 Å². The van der Waals surface area contributed by atoms with Gasteiger partial charge < -0.3 is 20.1 Å². The zero-order chi connectivity index (χ0) is 22.2. The molecule has 3 N–H and O–H groups in total. The summed E-state index contributed by atoms with van der Waals surface area (Å²) in [6.07, 6.45) is 5.39. The summed E-state index contributed by atoms with van der Waals surface area (Å²) in [5, 5.41) is 17.5. The molecule has 1 saturated carbocycles. The van der Waals surface area contributed by atoms with E-state index in [1.165, 1.54) is 11.5 Å². The minimum Gasteiger partial charge on any atom is -0.381 e. The van der Waals surface area contributed by atoms with E-state index in [0.29, 0.717) is 34.9 Å². The predicted molar refractivity (Wildman–Crippen MR) is 122 cm³/mol. The van der Waals surface area contributed by atoms with Crippen LogP contribution in [0.2, 0.25) is 0 Å². The summed E-state index contributed by atoms with van der Waals surface area (Å²) in [5.74, 6) is 1.61. The van der Waals surface area contributed by atoms with Crippen molar-refractivity contribution in [2.45, 2.75) is 25.4 Å². The van der Waals surface area contributed by atoms with E-state index in [4.69, 9.17) is 0 Å². The average molecular weight is 452 g/mol. The summed E-state index contributed by atoms with van der Waals surface area (Å²) in [4.78, 5) is 28.4. The highest BCUT2D eigenvalue weighted by Gasteiger charge is 2.42. The Morgan fingerprint density at radius 2 is 2.16 bits per heavy atom. The first-order valence-corrected chi connectivity index (χ1v) is 11.4. The second-order valence-electron chi connectivity index (χ2n) is 8.82. The highest BCUT2D eigenvalue weighted by molar-refractivity contribution is 7.09. The Balaban J connectivity index is 1.19. The van der Waals surface area contributed by atoms with Crippen LogP contribution in [0.3, 0.4) is 0 Å². The molecular formula is C21H25N9OS. The van der Waals surface area contributed by atoms with Crippen molar-refractivity contribution in [2.24, 2.45) is 11.8 Å². The van der Waals surface area contributed by atoms with Crippen LogP contribution in [0.1, 0.15) is 24.2 Å². The Bertz CT molecular complexity index is 1170. The molecule has 0 unspecified atom stereocenters. The second-order valence-corrected chi connectivity index (χ2v) is 9.57. The van der Waals surface area contributed by atoms with E-state index in [0.717, 1.165) is 42.7 Å². The van der Waals surface area contributed by atoms with Gasteiger partial charge in [-0.3, -0.25) is 5.32 Å². The number of hydrogen-bond acceptors (Lipinski definition) is 8. The number of aromatic amines is 1. The summed E-state index contributed by atoms with van der Waals surface area (Å²) in [7, 11) is 3.92. The van der Waals surface area contributed by atoms with Crippen molar-refractivity contribution in [3.05, 3.63) is 29.8 Å². The first-order chi connectivity index (χ1) is 15.5. The van der Waals surface area contributed by atoms with Gasteiger partial charge in [0.05, 0.1) is 17.8 Å². The summed E-state index contributed by atoms with van der Waals surface area (Å²) >= 11 is 1.22. The highest BCUT2D eigenvalue weighted by Crippen LogP contribution is 2.40. The van der Waals surface area contributed by atoms with Crippen LogP contribution in [0.4, 0.5) is 15.6 Å². The van der Waals surface area contributed by atoms with E-state index in [2.05, 4.69) is 36.0 Å². The molecule has 2 fully saturated rings. The SMILES string of the molecule is CN(C)Cc1nsc(NC(=O)N2C[C@H]3C[C@H](Nc4c(C#N)cnc5[nH]ccc45)C[C@H]3C2)n1. The molecule has 0 spiro atoms. The van der Waals surface area contributed by atoms with E-state index in [1.54, 1.807) is 6.20 Å². The number of pyridine rings is 1. The van der Waals surface area contributed by atoms with Gasteiger partial charge in [-0.15, -0.1) is 0 Å². The number of fused-ring (bicyclic) bond motifs is 2. The highest BCUT2D eigenvalue weighted by atomic mass is 32.1. The van der Waals surface area contributed by atoms with Crippen LogP contribution in [0.15, 0.2) is 18.5 Å². The Morgan fingerprint density at radius 3 is 2.88 bits per heavy atom. The number of urea groups is 1. The maximum Gasteiger partial charge on any atom is 0.323 e. The fourth-order valence-corrected chi connectivity index (χ4v) is 5.43. The first-order valence-electron chi connectivity index (χ1n) is 10.7.